The molecule has 0 amide bonds. The van der Waals surface area contributed by atoms with E-state index in [1.165, 1.54) is 18.2 Å². The minimum Gasteiger partial charge on any atom is -0.395 e. The summed E-state index contributed by atoms with van der Waals surface area (Å²) < 4.78 is 34.0. The highest BCUT2D eigenvalue weighted by molar-refractivity contribution is 5.45. The van der Waals surface area contributed by atoms with Crippen LogP contribution in [0, 0.1) is 0 Å². The van der Waals surface area contributed by atoms with Gasteiger partial charge in [0, 0.05) is 0 Å². The highest BCUT2D eigenvalue weighted by Gasteiger charge is 2.43. The summed E-state index contributed by atoms with van der Waals surface area (Å²) in [5, 5.41) is 19.4. The first-order valence-corrected chi connectivity index (χ1v) is 5.39. The largest absolute Gasteiger partial charge is 0.586 e. The molecule has 0 aliphatic carbocycles. The zero-order chi connectivity index (χ0) is 13.3. The van der Waals surface area contributed by atoms with Crippen molar-refractivity contribution in [3.63, 3.8) is 0 Å². The fourth-order valence-corrected chi connectivity index (χ4v) is 1.70. The van der Waals surface area contributed by atoms with Crippen LogP contribution in [0.2, 0.25) is 0 Å². The molecule has 1 aliphatic rings. The van der Waals surface area contributed by atoms with Crippen LogP contribution in [0.1, 0.15) is 18.1 Å². The van der Waals surface area contributed by atoms with Crippen LogP contribution in [0.15, 0.2) is 18.2 Å². The minimum atomic E-state index is -3.69. The molecule has 0 radical (unpaired) electrons. The Morgan fingerprint density at radius 2 is 1.89 bits per heavy atom. The first-order valence-electron chi connectivity index (χ1n) is 5.39. The lowest BCUT2D eigenvalue weighted by molar-refractivity contribution is -0.286. The summed E-state index contributed by atoms with van der Waals surface area (Å²) in [6.45, 7) is 0.209. The molecule has 2 rings (SSSR count). The van der Waals surface area contributed by atoms with Gasteiger partial charge in [0.15, 0.2) is 11.5 Å². The Labute approximate surface area is 102 Å². The molecule has 18 heavy (non-hydrogen) atoms. The lowest BCUT2D eigenvalue weighted by Crippen LogP contribution is -2.26. The van der Waals surface area contributed by atoms with Gasteiger partial charge in [0.25, 0.3) is 0 Å². The van der Waals surface area contributed by atoms with E-state index in [-0.39, 0.29) is 30.0 Å². The van der Waals surface area contributed by atoms with Gasteiger partial charge in [0.2, 0.25) is 0 Å². The molecule has 1 aliphatic heterocycles. The molecule has 7 heteroatoms. The summed E-state index contributed by atoms with van der Waals surface area (Å²) >= 11 is 0. The van der Waals surface area contributed by atoms with Crippen LogP contribution < -0.4 is 15.2 Å². The van der Waals surface area contributed by atoms with Crippen LogP contribution >= 0.6 is 0 Å². The van der Waals surface area contributed by atoms with Crippen molar-refractivity contribution in [1.29, 1.82) is 0 Å². The van der Waals surface area contributed by atoms with Crippen molar-refractivity contribution in [3.05, 3.63) is 23.8 Å². The number of halogens is 2. The predicted molar refractivity (Wildman–Crippen MR) is 57.3 cm³/mol. The Kier molecular flexibility index (Phi) is 3.38. The molecule has 0 saturated heterocycles. The monoisotopic (exact) mass is 261 g/mol. The molecule has 0 bridgehead atoms. The Morgan fingerprint density at radius 1 is 1.22 bits per heavy atom. The van der Waals surface area contributed by atoms with Gasteiger partial charge in [0.05, 0.1) is 6.10 Å². The number of ether oxygens (including phenoxy) is 2. The van der Waals surface area contributed by atoms with Gasteiger partial charge in [-0.2, -0.15) is 0 Å². The molecule has 5 nitrogen and oxygen atoms in total. The van der Waals surface area contributed by atoms with Crippen LogP contribution in [-0.4, -0.2) is 29.2 Å². The van der Waals surface area contributed by atoms with Crippen molar-refractivity contribution >= 4 is 0 Å². The highest BCUT2D eigenvalue weighted by atomic mass is 19.3. The third-order valence-corrected chi connectivity index (χ3v) is 2.59. The summed E-state index contributed by atoms with van der Waals surface area (Å²) in [6.07, 6.45) is -5.76. The average molecular weight is 261 g/mol. The molecular formula is C11H13F2NO4. The first-order chi connectivity index (χ1) is 8.43. The van der Waals surface area contributed by atoms with Gasteiger partial charge >= 0.3 is 6.29 Å². The van der Waals surface area contributed by atoms with E-state index in [1.54, 1.807) is 0 Å². The second kappa shape index (κ2) is 4.68. The number of alkyl halides is 2. The van der Waals surface area contributed by atoms with Crippen LogP contribution in [0.5, 0.6) is 11.5 Å². The summed E-state index contributed by atoms with van der Waals surface area (Å²) in [5.41, 5.74) is 5.52. The van der Waals surface area contributed by atoms with E-state index in [0.717, 1.165) is 0 Å². The smallest absolute Gasteiger partial charge is 0.395 e. The van der Waals surface area contributed by atoms with Gasteiger partial charge in [0.1, 0.15) is 6.10 Å². The summed E-state index contributed by atoms with van der Waals surface area (Å²) in [6, 6.07) is 3.85. The Hall–Kier alpha value is -1.44. The number of nitrogens with two attached hydrogens (primary N) is 1. The molecular weight excluding hydrogens is 248 g/mol. The van der Waals surface area contributed by atoms with Crippen molar-refractivity contribution < 1.29 is 28.5 Å². The molecule has 100 valence electrons. The van der Waals surface area contributed by atoms with Crippen molar-refractivity contribution in [2.45, 2.75) is 24.9 Å². The van der Waals surface area contributed by atoms with E-state index in [9.17, 15) is 19.0 Å². The quantitative estimate of drug-likeness (QED) is 0.744. The minimum absolute atomic E-state index is 0.107. The molecule has 1 aromatic carbocycles. The fraction of sp³-hybridized carbons (Fsp3) is 0.455. The molecule has 0 aromatic heterocycles. The predicted octanol–water partition coefficient (Wildman–Crippen LogP) is 0.751. The third kappa shape index (κ3) is 2.53. The third-order valence-electron chi connectivity index (χ3n) is 2.59. The first kappa shape index (κ1) is 13.0. The van der Waals surface area contributed by atoms with Gasteiger partial charge in [-0.3, -0.25) is 0 Å². The maximum absolute atomic E-state index is 12.8. The molecule has 1 aromatic rings. The molecule has 0 fully saturated rings. The van der Waals surface area contributed by atoms with Crippen LogP contribution in [0.3, 0.4) is 0 Å². The highest BCUT2D eigenvalue weighted by Crippen LogP contribution is 2.42. The second-order valence-electron chi connectivity index (χ2n) is 3.96. The van der Waals surface area contributed by atoms with E-state index in [1.807, 2.05) is 0 Å². The Bertz CT molecular complexity index is 441. The molecule has 4 N–H and O–H groups in total. The Balaban J connectivity index is 2.18. The number of fused-ring (bicyclic) bond motifs is 1. The lowest BCUT2D eigenvalue weighted by Gasteiger charge is -2.17. The van der Waals surface area contributed by atoms with Crippen LogP contribution in [-0.2, 0) is 0 Å². The van der Waals surface area contributed by atoms with Gasteiger partial charge in [-0.15, -0.1) is 8.78 Å². The van der Waals surface area contributed by atoms with Crippen molar-refractivity contribution in [3.8, 4) is 11.5 Å². The lowest BCUT2D eigenvalue weighted by atomic mass is 10.0. The molecule has 1 heterocycles. The summed E-state index contributed by atoms with van der Waals surface area (Å²) in [4.78, 5) is 0. The van der Waals surface area contributed by atoms with Crippen molar-refractivity contribution in [1.82, 2.24) is 0 Å². The number of hydrogen-bond donors (Lipinski definition) is 3. The Morgan fingerprint density at radius 3 is 2.56 bits per heavy atom. The van der Waals surface area contributed by atoms with E-state index in [2.05, 4.69) is 9.47 Å². The van der Waals surface area contributed by atoms with Crippen molar-refractivity contribution in [2.24, 2.45) is 5.73 Å². The molecule has 0 spiro atoms. The normalized spacial score (nSPS) is 19.6. The van der Waals surface area contributed by atoms with Crippen LogP contribution in [0.4, 0.5) is 8.78 Å². The zero-order valence-corrected chi connectivity index (χ0v) is 9.35. The van der Waals surface area contributed by atoms with Crippen LogP contribution in [0.25, 0.3) is 0 Å². The molecule has 0 saturated carbocycles. The van der Waals surface area contributed by atoms with E-state index in [4.69, 9.17) is 5.73 Å². The molecule has 2 unspecified atom stereocenters. The number of hydrogen-bond acceptors (Lipinski definition) is 5. The van der Waals surface area contributed by atoms with E-state index in [0.29, 0.717) is 0 Å². The maximum atomic E-state index is 12.8. The standard InChI is InChI=1S/C11H13F2NO4/c12-11(13)17-8-2-1-6(5-9(8)18-11)10(16)7(15)3-4-14/h1-2,5,7,10,15-16H,3-4,14H2. The number of aliphatic hydroxyl groups excluding tert-OH is 2. The SMILES string of the molecule is NCCC(O)C(O)c1ccc2c(c1)OC(F)(F)O2. The number of benzene rings is 1. The van der Waals surface area contributed by atoms with Gasteiger partial charge in [-0.05, 0) is 30.7 Å². The van der Waals surface area contributed by atoms with Gasteiger partial charge < -0.3 is 25.4 Å². The van der Waals surface area contributed by atoms with E-state index < -0.39 is 18.5 Å². The maximum Gasteiger partial charge on any atom is 0.586 e. The topological polar surface area (TPSA) is 84.9 Å². The van der Waals surface area contributed by atoms with Gasteiger partial charge in [-0.1, -0.05) is 6.07 Å². The number of aliphatic hydroxyl groups is 2. The summed E-state index contributed by atoms with van der Waals surface area (Å²) in [5.74, 6) is -0.277. The van der Waals surface area contributed by atoms with Gasteiger partial charge in [-0.25, -0.2) is 0 Å². The second-order valence-corrected chi connectivity index (χ2v) is 3.96. The average Bonchev–Trinajstić information content (AvgIpc) is 2.60. The zero-order valence-electron chi connectivity index (χ0n) is 9.35. The van der Waals surface area contributed by atoms with Crippen molar-refractivity contribution in [2.75, 3.05) is 6.54 Å². The molecule has 2 atom stereocenters. The summed E-state index contributed by atoms with van der Waals surface area (Å²) in [7, 11) is 0. The fourth-order valence-electron chi connectivity index (χ4n) is 1.70. The van der Waals surface area contributed by atoms with E-state index >= 15 is 0 Å². The number of rotatable bonds is 4.